The van der Waals surface area contributed by atoms with Crippen LogP contribution >= 0.6 is 23.1 Å². The molecule has 5 rings (SSSR count). The molecule has 2 aliphatic rings. The third-order valence-electron chi connectivity index (χ3n) is 6.74. The second-order valence-electron chi connectivity index (χ2n) is 10.2. The number of hydrogen-bond donors (Lipinski definition) is 0. The minimum Gasteiger partial charge on any atom is -0.335 e. The standard InChI is InChI=1S/C32H35N2S2/c1-5-33-26-15-7-9-17-28(26)35-30(33)19-11-13-24-21-25(23-32(3,4)22-24)14-12-20-31-34(6-2)27-16-8-10-18-29(27)36-31/h7-21H,5-6,22-23H2,1-4H3/q+1. The number of thioether (sulfide) groups is 1. The van der Waals surface area contributed by atoms with Crippen LogP contribution in [0.4, 0.5) is 5.69 Å². The van der Waals surface area contributed by atoms with E-state index in [1.807, 2.05) is 23.1 Å². The predicted molar refractivity (Wildman–Crippen MR) is 158 cm³/mol. The molecule has 0 saturated heterocycles. The van der Waals surface area contributed by atoms with E-state index < -0.39 is 0 Å². The highest BCUT2D eigenvalue weighted by Crippen LogP contribution is 2.45. The van der Waals surface area contributed by atoms with Gasteiger partial charge < -0.3 is 4.90 Å². The maximum Gasteiger partial charge on any atom is 0.262 e. The Bertz CT molecular complexity index is 1410. The van der Waals surface area contributed by atoms with Gasteiger partial charge in [-0.25, -0.2) is 0 Å². The zero-order valence-electron chi connectivity index (χ0n) is 21.7. The fourth-order valence-corrected chi connectivity index (χ4v) is 7.51. The molecule has 0 radical (unpaired) electrons. The van der Waals surface area contributed by atoms with E-state index in [2.05, 4.69) is 128 Å². The lowest BCUT2D eigenvalue weighted by Crippen LogP contribution is -2.33. The van der Waals surface area contributed by atoms with E-state index in [-0.39, 0.29) is 5.41 Å². The summed E-state index contributed by atoms with van der Waals surface area (Å²) in [4.78, 5) is 3.74. The largest absolute Gasteiger partial charge is 0.335 e. The van der Waals surface area contributed by atoms with Gasteiger partial charge in [-0.05, 0) is 67.5 Å². The quantitative estimate of drug-likeness (QED) is 0.305. The van der Waals surface area contributed by atoms with Crippen LogP contribution in [-0.4, -0.2) is 6.54 Å². The number of fused-ring (bicyclic) bond motifs is 2. The summed E-state index contributed by atoms with van der Waals surface area (Å²) >= 11 is 3.73. The SMILES string of the molecule is CCN1/C(=C/C=C/C2=CC(=C/C=C/c3sc4ccccc4[n+]3CC)/CC(C)(C)C2)Sc2ccccc21. The molecular formula is C32H35N2S2+. The van der Waals surface area contributed by atoms with Gasteiger partial charge in [-0.2, -0.15) is 4.57 Å². The number of nitrogens with zero attached hydrogens (tertiary/aromatic N) is 2. The van der Waals surface area contributed by atoms with Crippen molar-refractivity contribution in [1.29, 1.82) is 0 Å². The molecule has 0 N–H and O–H groups in total. The zero-order valence-corrected chi connectivity index (χ0v) is 23.3. The molecule has 0 spiro atoms. The van der Waals surface area contributed by atoms with Crippen LogP contribution in [0.25, 0.3) is 16.3 Å². The molecule has 2 aromatic carbocycles. The average Bonchev–Trinajstić information content (AvgIpc) is 3.40. The fraction of sp³-hybridized carbons (Fsp3) is 0.281. The van der Waals surface area contributed by atoms with Gasteiger partial charge in [0.15, 0.2) is 0 Å². The Morgan fingerprint density at radius 2 is 1.72 bits per heavy atom. The van der Waals surface area contributed by atoms with Crippen LogP contribution in [0.15, 0.2) is 106 Å². The molecule has 3 aromatic rings. The van der Waals surface area contributed by atoms with Crippen LogP contribution in [-0.2, 0) is 6.54 Å². The number of benzene rings is 2. The first kappa shape index (κ1) is 24.9. The number of aryl methyl sites for hydroxylation is 1. The molecular weight excluding hydrogens is 477 g/mol. The monoisotopic (exact) mass is 511 g/mol. The third-order valence-corrected chi connectivity index (χ3v) is 9.00. The second kappa shape index (κ2) is 10.7. The normalized spacial score (nSPS) is 19.8. The summed E-state index contributed by atoms with van der Waals surface area (Å²) < 4.78 is 3.74. The molecule has 36 heavy (non-hydrogen) atoms. The lowest BCUT2D eigenvalue weighted by Gasteiger charge is -2.30. The summed E-state index contributed by atoms with van der Waals surface area (Å²) in [6.07, 6.45) is 18.2. The van der Waals surface area contributed by atoms with Crippen molar-refractivity contribution in [3.8, 4) is 0 Å². The van der Waals surface area contributed by atoms with Crippen molar-refractivity contribution < 1.29 is 4.57 Å². The van der Waals surface area contributed by atoms with Crippen LogP contribution in [0.3, 0.4) is 0 Å². The number of aromatic nitrogens is 1. The van der Waals surface area contributed by atoms with Gasteiger partial charge >= 0.3 is 0 Å². The van der Waals surface area contributed by atoms with E-state index in [9.17, 15) is 0 Å². The van der Waals surface area contributed by atoms with Crippen molar-refractivity contribution in [2.24, 2.45) is 5.41 Å². The lowest BCUT2D eigenvalue weighted by atomic mass is 9.75. The van der Waals surface area contributed by atoms with Gasteiger partial charge in [0.05, 0.1) is 10.7 Å². The summed E-state index contributed by atoms with van der Waals surface area (Å²) in [6, 6.07) is 17.4. The first-order valence-electron chi connectivity index (χ1n) is 12.9. The van der Waals surface area contributed by atoms with Gasteiger partial charge in [0.2, 0.25) is 5.52 Å². The molecule has 0 amide bonds. The molecule has 0 unspecified atom stereocenters. The van der Waals surface area contributed by atoms with Crippen molar-refractivity contribution >= 4 is 45.1 Å². The van der Waals surface area contributed by atoms with E-state index in [1.165, 1.54) is 42.0 Å². The summed E-state index contributed by atoms with van der Waals surface area (Å²) in [6.45, 7) is 11.2. The summed E-state index contributed by atoms with van der Waals surface area (Å²) in [5.74, 6) is 0. The molecule has 1 aliphatic heterocycles. The fourth-order valence-electron chi connectivity index (χ4n) is 5.24. The maximum absolute atomic E-state index is 2.40. The number of hydrogen-bond acceptors (Lipinski definition) is 3. The Kier molecular flexibility index (Phi) is 7.36. The van der Waals surface area contributed by atoms with Gasteiger partial charge in [0.25, 0.3) is 5.01 Å². The number of rotatable bonds is 6. The van der Waals surface area contributed by atoms with Gasteiger partial charge in [-0.3, -0.25) is 0 Å². The average molecular weight is 512 g/mol. The Labute approximate surface area is 224 Å². The van der Waals surface area contributed by atoms with Crippen LogP contribution in [0.2, 0.25) is 0 Å². The molecule has 0 saturated carbocycles. The molecule has 1 aromatic heterocycles. The summed E-state index contributed by atoms with van der Waals surface area (Å²) in [5, 5.41) is 2.61. The lowest BCUT2D eigenvalue weighted by molar-refractivity contribution is -0.665. The van der Waals surface area contributed by atoms with Crippen molar-refractivity contribution in [2.75, 3.05) is 11.4 Å². The van der Waals surface area contributed by atoms with Crippen LogP contribution in [0.5, 0.6) is 0 Å². The smallest absolute Gasteiger partial charge is 0.262 e. The van der Waals surface area contributed by atoms with E-state index >= 15 is 0 Å². The molecule has 184 valence electrons. The maximum atomic E-state index is 2.40. The summed E-state index contributed by atoms with van der Waals surface area (Å²) in [5.41, 5.74) is 5.70. The molecule has 2 heterocycles. The van der Waals surface area contributed by atoms with E-state index in [4.69, 9.17) is 0 Å². The molecule has 0 atom stereocenters. The molecule has 0 fully saturated rings. The van der Waals surface area contributed by atoms with E-state index in [1.54, 1.807) is 0 Å². The minimum absolute atomic E-state index is 0.260. The minimum atomic E-state index is 0.260. The van der Waals surface area contributed by atoms with Crippen molar-refractivity contribution in [2.45, 2.75) is 52.0 Å². The first-order valence-corrected chi connectivity index (χ1v) is 14.5. The van der Waals surface area contributed by atoms with Crippen molar-refractivity contribution in [3.05, 3.63) is 106 Å². The highest BCUT2D eigenvalue weighted by atomic mass is 32.2. The Hall–Kier alpha value is -2.82. The Morgan fingerprint density at radius 3 is 2.56 bits per heavy atom. The second-order valence-corrected chi connectivity index (χ2v) is 12.3. The summed E-state index contributed by atoms with van der Waals surface area (Å²) in [7, 11) is 0. The molecule has 2 nitrogen and oxygen atoms in total. The van der Waals surface area contributed by atoms with E-state index in [0.29, 0.717) is 0 Å². The highest BCUT2D eigenvalue weighted by molar-refractivity contribution is 8.03. The van der Waals surface area contributed by atoms with Crippen molar-refractivity contribution in [3.63, 3.8) is 0 Å². The van der Waals surface area contributed by atoms with Crippen molar-refractivity contribution in [1.82, 2.24) is 0 Å². The third kappa shape index (κ3) is 5.30. The first-order chi connectivity index (χ1) is 17.5. The zero-order chi connectivity index (χ0) is 25.1. The number of para-hydroxylation sites is 2. The topological polar surface area (TPSA) is 7.12 Å². The highest BCUT2D eigenvalue weighted by Gasteiger charge is 2.25. The van der Waals surface area contributed by atoms with Gasteiger partial charge in [0.1, 0.15) is 11.2 Å². The van der Waals surface area contributed by atoms with Crippen LogP contribution in [0.1, 0.15) is 45.5 Å². The predicted octanol–water partition coefficient (Wildman–Crippen LogP) is 8.92. The van der Waals surface area contributed by atoms with Gasteiger partial charge in [-0.1, -0.05) is 91.6 Å². The number of anilines is 1. The Balaban J connectivity index is 1.35. The molecule has 0 bridgehead atoms. The van der Waals surface area contributed by atoms with E-state index in [0.717, 1.165) is 25.9 Å². The molecule has 4 heteroatoms. The van der Waals surface area contributed by atoms with Gasteiger partial charge in [0, 0.05) is 23.6 Å². The molecule has 1 aliphatic carbocycles. The Morgan fingerprint density at radius 1 is 0.944 bits per heavy atom. The van der Waals surface area contributed by atoms with Gasteiger partial charge in [-0.15, -0.1) is 0 Å². The van der Waals surface area contributed by atoms with Crippen LogP contribution in [0, 0.1) is 5.41 Å². The number of thiazole rings is 1. The number of allylic oxidation sites excluding steroid dienone is 8. The van der Waals surface area contributed by atoms with Crippen LogP contribution < -0.4 is 9.47 Å².